The van der Waals surface area contributed by atoms with Crippen molar-refractivity contribution < 1.29 is 12.8 Å². The summed E-state index contributed by atoms with van der Waals surface area (Å²) in [5, 5.41) is 3.12. The summed E-state index contributed by atoms with van der Waals surface area (Å²) in [6.45, 7) is 0. The zero-order chi connectivity index (χ0) is 15.7. The van der Waals surface area contributed by atoms with E-state index in [1.54, 1.807) is 12.1 Å². The smallest absolute Gasteiger partial charge is 0.206 e. The van der Waals surface area contributed by atoms with E-state index in [0.717, 1.165) is 35.7 Å². The second-order valence-electron chi connectivity index (χ2n) is 5.19. The van der Waals surface area contributed by atoms with Crippen LogP contribution in [0.15, 0.2) is 58.3 Å². The molecule has 0 spiro atoms. The first-order chi connectivity index (χ1) is 10.5. The first-order valence-electron chi connectivity index (χ1n) is 7.04. The molecular weight excluding hydrogens is 301 g/mol. The summed E-state index contributed by atoms with van der Waals surface area (Å²) in [6.07, 6.45) is 3.77. The van der Waals surface area contributed by atoms with Crippen LogP contribution < -0.4 is 5.32 Å². The van der Waals surface area contributed by atoms with Gasteiger partial charge in [0.05, 0.1) is 9.79 Å². The second-order valence-corrected chi connectivity index (χ2v) is 7.14. The highest BCUT2D eigenvalue weighted by Crippen LogP contribution is 2.29. The average Bonchev–Trinajstić information content (AvgIpc) is 2.53. The van der Waals surface area contributed by atoms with Crippen LogP contribution in [0, 0.1) is 5.82 Å². The molecule has 2 aromatic carbocycles. The molecule has 1 N–H and O–H groups in total. The number of sulfone groups is 1. The maximum atomic E-state index is 13.3. The number of aryl methyl sites for hydroxylation is 1. The Kier molecular flexibility index (Phi) is 3.74. The van der Waals surface area contributed by atoms with Crippen molar-refractivity contribution in [1.29, 1.82) is 0 Å². The molecule has 5 heteroatoms. The minimum absolute atomic E-state index is 0.0207. The molecule has 3 nitrogen and oxygen atoms in total. The van der Waals surface area contributed by atoms with Gasteiger partial charge in [0.15, 0.2) is 0 Å². The number of fused-ring (bicyclic) bond motifs is 1. The summed E-state index contributed by atoms with van der Waals surface area (Å²) in [5.74, 6) is -0.556. The minimum Gasteiger partial charge on any atom is -0.388 e. The van der Waals surface area contributed by atoms with Crippen LogP contribution in [-0.4, -0.2) is 15.5 Å². The Hall–Kier alpha value is -2.14. The summed E-state index contributed by atoms with van der Waals surface area (Å²) in [6, 6.07) is 10.2. The van der Waals surface area contributed by atoms with E-state index in [-0.39, 0.29) is 9.79 Å². The first-order valence-corrected chi connectivity index (χ1v) is 8.52. The van der Waals surface area contributed by atoms with Gasteiger partial charge in [-0.25, -0.2) is 12.8 Å². The van der Waals surface area contributed by atoms with E-state index in [1.165, 1.54) is 18.2 Å². The molecule has 0 aromatic heterocycles. The molecule has 0 amide bonds. The summed E-state index contributed by atoms with van der Waals surface area (Å²) in [4.78, 5) is 0.182. The molecule has 0 atom stereocenters. The van der Waals surface area contributed by atoms with Crippen molar-refractivity contribution in [1.82, 2.24) is 5.32 Å². The lowest BCUT2D eigenvalue weighted by Crippen LogP contribution is -2.12. The van der Waals surface area contributed by atoms with Crippen molar-refractivity contribution in [2.24, 2.45) is 0 Å². The number of halogens is 1. The Morgan fingerprint density at radius 3 is 2.59 bits per heavy atom. The van der Waals surface area contributed by atoms with Crippen LogP contribution >= 0.6 is 0 Å². The van der Waals surface area contributed by atoms with E-state index < -0.39 is 15.7 Å². The van der Waals surface area contributed by atoms with Crippen molar-refractivity contribution in [2.45, 2.75) is 22.6 Å². The number of hydrogen-bond acceptors (Lipinski definition) is 3. The minimum atomic E-state index is -3.70. The van der Waals surface area contributed by atoms with Crippen molar-refractivity contribution in [3.8, 4) is 0 Å². The normalized spacial score (nSPS) is 14.2. The zero-order valence-electron chi connectivity index (χ0n) is 12.1. The highest BCUT2D eigenvalue weighted by atomic mass is 32.2. The van der Waals surface area contributed by atoms with Gasteiger partial charge in [-0.2, -0.15) is 0 Å². The van der Waals surface area contributed by atoms with Crippen LogP contribution in [0.1, 0.15) is 17.5 Å². The standard InChI is InChI=1S/C17H16FNO2S/c1-19-17-7-2-4-12-10-15(8-9-16(12)17)22(20,21)14-6-3-5-13(18)11-14/h3,5-11,19H,2,4H2,1H3. The topological polar surface area (TPSA) is 46.2 Å². The summed E-state index contributed by atoms with van der Waals surface area (Å²) in [5.41, 5.74) is 3.02. The van der Waals surface area contributed by atoms with E-state index >= 15 is 0 Å². The average molecular weight is 317 g/mol. The highest BCUT2D eigenvalue weighted by Gasteiger charge is 2.21. The van der Waals surface area contributed by atoms with Crippen LogP contribution in [0.5, 0.6) is 0 Å². The molecule has 0 heterocycles. The third kappa shape index (κ3) is 2.52. The molecule has 0 radical (unpaired) electrons. The van der Waals surface area contributed by atoms with Gasteiger partial charge in [-0.15, -0.1) is 0 Å². The molecule has 0 saturated carbocycles. The van der Waals surface area contributed by atoms with Gasteiger partial charge in [-0.05, 0) is 48.7 Å². The quantitative estimate of drug-likeness (QED) is 0.946. The maximum Gasteiger partial charge on any atom is 0.206 e. The number of benzene rings is 2. The largest absolute Gasteiger partial charge is 0.388 e. The fourth-order valence-corrected chi connectivity index (χ4v) is 4.04. The van der Waals surface area contributed by atoms with Gasteiger partial charge in [0.2, 0.25) is 9.84 Å². The number of rotatable bonds is 3. The monoisotopic (exact) mass is 317 g/mol. The maximum absolute atomic E-state index is 13.3. The third-order valence-electron chi connectivity index (χ3n) is 3.82. The fraction of sp³-hybridized carbons (Fsp3) is 0.176. The first kappa shape index (κ1) is 14.8. The summed E-state index contributed by atoms with van der Waals surface area (Å²) >= 11 is 0. The molecule has 0 unspecified atom stereocenters. The van der Waals surface area contributed by atoms with E-state index in [0.29, 0.717) is 0 Å². The molecule has 0 fully saturated rings. The van der Waals surface area contributed by atoms with Crippen molar-refractivity contribution in [3.63, 3.8) is 0 Å². The number of allylic oxidation sites excluding steroid dienone is 1. The molecule has 1 aliphatic carbocycles. The van der Waals surface area contributed by atoms with Gasteiger partial charge in [0.1, 0.15) is 5.82 Å². The Morgan fingerprint density at radius 1 is 1.09 bits per heavy atom. The number of nitrogens with one attached hydrogen (secondary N) is 1. The van der Waals surface area contributed by atoms with Gasteiger partial charge in [-0.1, -0.05) is 18.2 Å². The molecule has 0 aliphatic heterocycles. The third-order valence-corrected chi connectivity index (χ3v) is 5.56. The van der Waals surface area contributed by atoms with Gasteiger partial charge in [0.25, 0.3) is 0 Å². The Balaban J connectivity index is 2.08. The highest BCUT2D eigenvalue weighted by molar-refractivity contribution is 7.91. The Bertz CT molecular complexity index is 857. The van der Waals surface area contributed by atoms with Crippen LogP contribution in [0.2, 0.25) is 0 Å². The lowest BCUT2D eigenvalue weighted by Gasteiger charge is -2.18. The molecule has 22 heavy (non-hydrogen) atoms. The van der Waals surface area contributed by atoms with Gasteiger partial charge < -0.3 is 5.32 Å². The predicted octanol–water partition coefficient (Wildman–Crippen LogP) is 3.17. The van der Waals surface area contributed by atoms with Gasteiger partial charge in [-0.3, -0.25) is 0 Å². The molecule has 0 bridgehead atoms. The lowest BCUT2D eigenvalue weighted by atomic mass is 9.95. The van der Waals surface area contributed by atoms with Crippen LogP contribution in [0.3, 0.4) is 0 Å². The van der Waals surface area contributed by atoms with E-state index in [1.807, 2.05) is 13.1 Å². The Morgan fingerprint density at radius 2 is 1.86 bits per heavy atom. The van der Waals surface area contributed by atoms with Crippen LogP contribution in [-0.2, 0) is 16.3 Å². The molecule has 2 aromatic rings. The zero-order valence-corrected chi connectivity index (χ0v) is 13.0. The molecule has 3 rings (SSSR count). The van der Waals surface area contributed by atoms with Crippen molar-refractivity contribution in [3.05, 3.63) is 65.5 Å². The second kappa shape index (κ2) is 5.57. The van der Waals surface area contributed by atoms with E-state index in [4.69, 9.17) is 0 Å². The van der Waals surface area contributed by atoms with Crippen LogP contribution in [0.25, 0.3) is 5.70 Å². The fourth-order valence-electron chi connectivity index (χ4n) is 2.70. The van der Waals surface area contributed by atoms with Crippen LogP contribution in [0.4, 0.5) is 4.39 Å². The molecular formula is C17H16FNO2S. The van der Waals surface area contributed by atoms with E-state index in [2.05, 4.69) is 11.4 Å². The SMILES string of the molecule is CNC1=CCCc2cc(S(=O)(=O)c3cccc(F)c3)ccc21. The summed E-state index contributed by atoms with van der Waals surface area (Å²) < 4.78 is 38.6. The van der Waals surface area contributed by atoms with Gasteiger partial charge >= 0.3 is 0 Å². The van der Waals surface area contributed by atoms with E-state index in [9.17, 15) is 12.8 Å². The Labute approximate surface area is 129 Å². The van der Waals surface area contributed by atoms with Gasteiger partial charge in [0, 0.05) is 18.3 Å². The summed E-state index contributed by atoms with van der Waals surface area (Å²) in [7, 11) is -1.85. The lowest BCUT2D eigenvalue weighted by molar-refractivity contribution is 0.590. The molecule has 0 saturated heterocycles. The number of hydrogen-bond donors (Lipinski definition) is 1. The van der Waals surface area contributed by atoms with Crippen molar-refractivity contribution in [2.75, 3.05) is 7.05 Å². The molecule has 1 aliphatic rings. The van der Waals surface area contributed by atoms with Crippen molar-refractivity contribution >= 4 is 15.5 Å². The molecule has 114 valence electrons. The predicted molar refractivity (Wildman–Crippen MR) is 83.7 cm³/mol.